The van der Waals surface area contributed by atoms with Crippen molar-refractivity contribution in [1.29, 1.82) is 0 Å². The standard InChI is InChI=1S/C14H26N2O2/c1-3-13-12(5-7-18-13)14(17)16-9-11-8-15-6-4-10(11)2/h10-13,15H,3-9H2,1-2H3,(H,16,17). The highest BCUT2D eigenvalue weighted by Crippen LogP contribution is 2.24. The summed E-state index contributed by atoms with van der Waals surface area (Å²) < 4.78 is 5.58. The molecule has 104 valence electrons. The molecule has 0 saturated carbocycles. The molecule has 0 radical (unpaired) electrons. The summed E-state index contributed by atoms with van der Waals surface area (Å²) in [6.07, 6.45) is 3.15. The van der Waals surface area contributed by atoms with Crippen molar-refractivity contribution in [3.8, 4) is 0 Å². The van der Waals surface area contributed by atoms with Crippen LogP contribution in [0.4, 0.5) is 0 Å². The Kier molecular flexibility index (Phi) is 5.01. The summed E-state index contributed by atoms with van der Waals surface area (Å²) in [5.41, 5.74) is 0. The van der Waals surface area contributed by atoms with Crippen LogP contribution in [0.1, 0.15) is 33.1 Å². The van der Waals surface area contributed by atoms with Crippen molar-refractivity contribution < 1.29 is 9.53 Å². The minimum atomic E-state index is 0.0712. The minimum absolute atomic E-state index is 0.0712. The molecule has 2 rings (SSSR count). The second-order valence-corrected chi connectivity index (χ2v) is 5.69. The molecule has 2 fully saturated rings. The molecular weight excluding hydrogens is 228 g/mol. The first kappa shape index (κ1) is 13.8. The van der Waals surface area contributed by atoms with E-state index in [-0.39, 0.29) is 17.9 Å². The van der Waals surface area contributed by atoms with Gasteiger partial charge >= 0.3 is 0 Å². The predicted molar refractivity (Wildman–Crippen MR) is 71.3 cm³/mol. The maximum Gasteiger partial charge on any atom is 0.225 e. The lowest BCUT2D eigenvalue weighted by Gasteiger charge is -2.30. The summed E-state index contributed by atoms with van der Waals surface area (Å²) >= 11 is 0. The van der Waals surface area contributed by atoms with E-state index in [0.29, 0.717) is 11.8 Å². The summed E-state index contributed by atoms with van der Waals surface area (Å²) in [4.78, 5) is 12.2. The molecule has 4 unspecified atom stereocenters. The molecule has 1 amide bonds. The Bertz CT molecular complexity index is 283. The van der Waals surface area contributed by atoms with E-state index in [1.165, 1.54) is 6.42 Å². The molecule has 2 heterocycles. The van der Waals surface area contributed by atoms with Crippen molar-refractivity contribution in [2.24, 2.45) is 17.8 Å². The molecule has 2 saturated heterocycles. The molecular formula is C14H26N2O2. The van der Waals surface area contributed by atoms with Crippen LogP contribution in [-0.4, -0.2) is 38.3 Å². The van der Waals surface area contributed by atoms with Crippen LogP contribution in [0.2, 0.25) is 0 Å². The van der Waals surface area contributed by atoms with Crippen LogP contribution < -0.4 is 10.6 Å². The van der Waals surface area contributed by atoms with E-state index >= 15 is 0 Å². The largest absolute Gasteiger partial charge is 0.377 e. The van der Waals surface area contributed by atoms with E-state index in [1.807, 2.05) is 0 Å². The van der Waals surface area contributed by atoms with Crippen molar-refractivity contribution >= 4 is 5.91 Å². The lowest BCUT2D eigenvalue weighted by Crippen LogP contribution is -2.44. The highest BCUT2D eigenvalue weighted by atomic mass is 16.5. The molecule has 4 heteroatoms. The van der Waals surface area contributed by atoms with Crippen LogP contribution in [0.25, 0.3) is 0 Å². The van der Waals surface area contributed by atoms with Gasteiger partial charge in [0.25, 0.3) is 0 Å². The summed E-state index contributed by atoms with van der Waals surface area (Å²) in [6, 6.07) is 0. The van der Waals surface area contributed by atoms with Crippen molar-refractivity contribution in [3.05, 3.63) is 0 Å². The molecule has 0 aliphatic carbocycles. The Morgan fingerprint density at radius 2 is 2.28 bits per heavy atom. The van der Waals surface area contributed by atoms with Gasteiger partial charge in [-0.25, -0.2) is 0 Å². The molecule has 0 aromatic carbocycles. The smallest absolute Gasteiger partial charge is 0.225 e. The predicted octanol–water partition coefficient (Wildman–Crippen LogP) is 1.16. The number of amides is 1. The number of nitrogens with one attached hydrogen (secondary N) is 2. The molecule has 2 aliphatic rings. The third-order valence-corrected chi connectivity index (χ3v) is 4.47. The van der Waals surface area contributed by atoms with E-state index in [1.54, 1.807) is 0 Å². The Morgan fingerprint density at radius 1 is 1.44 bits per heavy atom. The summed E-state index contributed by atoms with van der Waals surface area (Å²) in [7, 11) is 0. The van der Waals surface area contributed by atoms with Gasteiger partial charge in [-0.1, -0.05) is 13.8 Å². The second-order valence-electron chi connectivity index (χ2n) is 5.69. The fraction of sp³-hybridized carbons (Fsp3) is 0.929. The van der Waals surface area contributed by atoms with Crippen molar-refractivity contribution in [1.82, 2.24) is 10.6 Å². The summed E-state index contributed by atoms with van der Waals surface area (Å²) in [5, 5.41) is 6.53. The lowest BCUT2D eigenvalue weighted by molar-refractivity contribution is -0.127. The average Bonchev–Trinajstić information content (AvgIpc) is 2.86. The van der Waals surface area contributed by atoms with E-state index in [0.717, 1.165) is 39.1 Å². The Hall–Kier alpha value is -0.610. The second kappa shape index (κ2) is 6.53. The summed E-state index contributed by atoms with van der Waals surface area (Å²) in [5.74, 6) is 1.54. The zero-order valence-electron chi connectivity index (χ0n) is 11.6. The monoisotopic (exact) mass is 254 g/mol. The third-order valence-electron chi connectivity index (χ3n) is 4.47. The SMILES string of the molecule is CCC1OCCC1C(=O)NCC1CNCCC1C. The van der Waals surface area contributed by atoms with Crippen LogP contribution in [-0.2, 0) is 9.53 Å². The zero-order chi connectivity index (χ0) is 13.0. The van der Waals surface area contributed by atoms with Crippen molar-refractivity contribution in [3.63, 3.8) is 0 Å². The molecule has 2 aliphatic heterocycles. The highest BCUT2D eigenvalue weighted by Gasteiger charge is 2.33. The quantitative estimate of drug-likeness (QED) is 0.791. The first-order valence-corrected chi connectivity index (χ1v) is 7.32. The number of rotatable bonds is 4. The van der Waals surface area contributed by atoms with Gasteiger partial charge in [0, 0.05) is 13.2 Å². The van der Waals surface area contributed by atoms with E-state index in [4.69, 9.17) is 4.74 Å². The topological polar surface area (TPSA) is 50.4 Å². The van der Waals surface area contributed by atoms with E-state index < -0.39 is 0 Å². The normalized spacial score (nSPS) is 36.6. The van der Waals surface area contributed by atoms with Crippen LogP contribution in [0.3, 0.4) is 0 Å². The van der Waals surface area contributed by atoms with Gasteiger partial charge in [-0.2, -0.15) is 0 Å². The Morgan fingerprint density at radius 3 is 3.00 bits per heavy atom. The highest BCUT2D eigenvalue weighted by molar-refractivity contribution is 5.79. The third kappa shape index (κ3) is 3.23. The molecule has 4 atom stereocenters. The van der Waals surface area contributed by atoms with Gasteiger partial charge in [0.15, 0.2) is 0 Å². The maximum atomic E-state index is 12.2. The van der Waals surface area contributed by atoms with Gasteiger partial charge in [0.05, 0.1) is 12.0 Å². The molecule has 4 nitrogen and oxygen atoms in total. The zero-order valence-corrected chi connectivity index (χ0v) is 11.6. The number of hydrogen-bond donors (Lipinski definition) is 2. The Labute approximate surface area is 110 Å². The molecule has 0 aromatic rings. The van der Waals surface area contributed by atoms with Crippen LogP contribution in [0.5, 0.6) is 0 Å². The fourth-order valence-electron chi connectivity index (χ4n) is 3.04. The maximum absolute atomic E-state index is 12.2. The number of piperidine rings is 1. The Balaban J connectivity index is 1.77. The van der Waals surface area contributed by atoms with E-state index in [9.17, 15) is 4.79 Å². The number of carbonyl (C=O) groups excluding carboxylic acids is 1. The van der Waals surface area contributed by atoms with Crippen LogP contribution in [0, 0.1) is 17.8 Å². The van der Waals surface area contributed by atoms with Gasteiger partial charge in [-0.15, -0.1) is 0 Å². The average molecular weight is 254 g/mol. The lowest BCUT2D eigenvalue weighted by atomic mass is 9.88. The first-order valence-electron chi connectivity index (χ1n) is 7.32. The molecule has 0 spiro atoms. The number of carbonyl (C=O) groups is 1. The first-order chi connectivity index (χ1) is 8.72. The van der Waals surface area contributed by atoms with Gasteiger partial charge in [-0.05, 0) is 44.2 Å². The molecule has 0 aromatic heterocycles. The van der Waals surface area contributed by atoms with Gasteiger partial charge in [-0.3, -0.25) is 4.79 Å². The van der Waals surface area contributed by atoms with Crippen LogP contribution >= 0.6 is 0 Å². The minimum Gasteiger partial charge on any atom is -0.377 e. The van der Waals surface area contributed by atoms with Gasteiger partial charge in [0.2, 0.25) is 5.91 Å². The number of ether oxygens (including phenoxy) is 1. The van der Waals surface area contributed by atoms with Gasteiger partial charge in [0.1, 0.15) is 0 Å². The molecule has 0 bridgehead atoms. The van der Waals surface area contributed by atoms with Crippen molar-refractivity contribution in [2.75, 3.05) is 26.2 Å². The fourth-order valence-corrected chi connectivity index (χ4v) is 3.04. The summed E-state index contributed by atoms with van der Waals surface area (Å²) in [6.45, 7) is 8.05. The molecule has 2 N–H and O–H groups in total. The van der Waals surface area contributed by atoms with E-state index in [2.05, 4.69) is 24.5 Å². The number of hydrogen-bond acceptors (Lipinski definition) is 3. The van der Waals surface area contributed by atoms with Crippen molar-refractivity contribution in [2.45, 2.75) is 39.2 Å². The molecule has 18 heavy (non-hydrogen) atoms. The van der Waals surface area contributed by atoms with Crippen LogP contribution in [0.15, 0.2) is 0 Å². The van der Waals surface area contributed by atoms with Gasteiger partial charge < -0.3 is 15.4 Å².